The summed E-state index contributed by atoms with van der Waals surface area (Å²) in [6.07, 6.45) is -4.95. The van der Waals surface area contributed by atoms with Gasteiger partial charge in [0.05, 0.1) is 6.61 Å². The summed E-state index contributed by atoms with van der Waals surface area (Å²) >= 11 is 0.817. The summed E-state index contributed by atoms with van der Waals surface area (Å²) in [5, 5.41) is 21.0. The third-order valence-corrected chi connectivity index (χ3v) is 6.42. The van der Waals surface area contributed by atoms with Gasteiger partial charge in [-0.2, -0.15) is 21.6 Å². The van der Waals surface area contributed by atoms with Crippen molar-refractivity contribution in [2.24, 2.45) is 5.16 Å². The topological polar surface area (TPSA) is 96.2 Å². The van der Waals surface area contributed by atoms with Crippen molar-refractivity contribution < 1.29 is 36.1 Å². The van der Waals surface area contributed by atoms with Crippen LogP contribution in [0.4, 0.5) is 13.2 Å². The van der Waals surface area contributed by atoms with Gasteiger partial charge >= 0.3 is 16.3 Å². The molecule has 1 unspecified atom stereocenters. The lowest BCUT2D eigenvalue weighted by Crippen LogP contribution is -2.26. The van der Waals surface area contributed by atoms with Gasteiger partial charge in [0, 0.05) is 10.5 Å². The minimum Gasteiger partial charge on any atom is -0.508 e. The van der Waals surface area contributed by atoms with E-state index >= 15 is 0 Å². The Morgan fingerprint density at radius 1 is 1.14 bits per heavy atom. The highest BCUT2D eigenvalue weighted by Gasteiger charge is 2.38. The van der Waals surface area contributed by atoms with E-state index in [9.17, 15) is 26.7 Å². The number of halogens is 3. The number of hydrogen-bond donors (Lipinski definition) is 2. The van der Waals surface area contributed by atoms with Gasteiger partial charge < -0.3 is 10.2 Å². The summed E-state index contributed by atoms with van der Waals surface area (Å²) in [6, 6.07) is 10.2. The molecule has 0 bridgehead atoms. The van der Waals surface area contributed by atoms with Gasteiger partial charge in [0.2, 0.25) is 0 Å². The summed E-state index contributed by atoms with van der Waals surface area (Å²) in [5.74, 6) is -0.0113. The van der Waals surface area contributed by atoms with E-state index in [0.29, 0.717) is 10.5 Å². The third-order valence-electron chi connectivity index (χ3n) is 3.46. The predicted molar refractivity (Wildman–Crippen MR) is 98.4 cm³/mol. The van der Waals surface area contributed by atoms with E-state index in [4.69, 9.17) is 5.11 Å². The summed E-state index contributed by atoms with van der Waals surface area (Å²) in [6.45, 7) is 0.890. The van der Waals surface area contributed by atoms with Gasteiger partial charge in [-0.25, -0.2) is 0 Å². The molecule has 2 N–H and O–H groups in total. The lowest BCUT2D eigenvalue weighted by atomic mass is 10.1. The minimum atomic E-state index is -4.95. The number of oxime groups is 1. The summed E-state index contributed by atoms with van der Waals surface area (Å²) < 4.78 is 67.2. The number of benzene rings is 2. The molecule has 0 radical (unpaired) electrons. The SMILES string of the molecule is CC(Sc1ccc(O)cc1)S(=O)(=O)ON=C(c1ccc(CO)cc1)C(F)(F)F. The van der Waals surface area contributed by atoms with Crippen molar-refractivity contribution in [1.29, 1.82) is 0 Å². The Bertz CT molecular complexity index is 927. The first kappa shape index (κ1) is 22.1. The zero-order valence-electron chi connectivity index (χ0n) is 14.4. The fourth-order valence-corrected chi connectivity index (χ4v) is 3.85. The first-order valence-corrected chi connectivity index (χ1v) is 10.1. The second-order valence-electron chi connectivity index (χ2n) is 5.54. The molecular weight excluding hydrogens is 419 g/mol. The van der Waals surface area contributed by atoms with Gasteiger partial charge in [-0.3, -0.25) is 4.28 Å². The smallest absolute Gasteiger partial charge is 0.437 e. The fourth-order valence-electron chi connectivity index (χ4n) is 1.96. The number of aliphatic hydroxyl groups is 1. The lowest BCUT2D eigenvalue weighted by molar-refractivity contribution is -0.0597. The van der Waals surface area contributed by atoms with Crippen molar-refractivity contribution in [3.8, 4) is 5.75 Å². The van der Waals surface area contributed by atoms with E-state index in [-0.39, 0.29) is 12.4 Å². The number of aromatic hydroxyl groups is 1. The fraction of sp³-hybridized carbons (Fsp3) is 0.235. The number of aliphatic hydroxyl groups excluding tert-OH is 1. The van der Waals surface area contributed by atoms with Crippen LogP contribution in [0.1, 0.15) is 18.1 Å². The van der Waals surface area contributed by atoms with Crippen molar-refractivity contribution in [2.45, 2.75) is 29.2 Å². The Morgan fingerprint density at radius 3 is 2.21 bits per heavy atom. The molecule has 0 heterocycles. The second-order valence-corrected chi connectivity index (χ2v) is 9.09. The van der Waals surface area contributed by atoms with Crippen molar-refractivity contribution in [3.63, 3.8) is 0 Å². The molecule has 28 heavy (non-hydrogen) atoms. The zero-order valence-corrected chi connectivity index (χ0v) is 16.1. The molecule has 2 rings (SSSR count). The van der Waals surface area contributed by atoms with E-state index in [2.05, 4.69) is 9.44 Å². The van der Waals surface area contributed by atoms with Gasteiger partial charge in [-0.1, -0.05) is 29.4 Å². The molecule has 0 saturated carbocycles. The molecule has 0 aliphatic heterocycles. The van der Waals surface area contributed by atoms with Crippen LogP contribution in [0.5, 0.6) is 5.75 Å². The molecule has 2 aromatic rings. The highest BCUT2D eigenvalue weighted by molar-refractivity contribution is 8.11. The normalized spacial score (nSPS) is 14.0. The highest BCUT2D eigenvalue weighted by atomic mass is 32.3. The van der Waals surface area contributed by atoms with Gasteiger partial charge in [-0.15, -0.1) is 11.8 Å². The average Bonchev–Trinajstić information content (AvgIpc) is 2.63. The lowest BCUT2D eigenvalue weighted by Gasteiger charge is -2.13. The van der Waals surface area contributed by atoms with Gasteiger partial charge in [-0.05, 0) is 36.8 Å². The maximum atomic E-state index is 13.3. The molecule has 0 spiro atoms. The molecule has 1 atom stereocenters. The first-order valence-electron chi connectivity index (χ1n) is 7.76. The quantitative estimate of drug-likeness (QED) is 0.392. The van der Waals surface area contributed by atoms with Crippen molar-refractivity contribution in [1.82, 2.24) is 0 Å². The van der Waals surface area contributed by atoms with Crippen molar-refractivity contribution in [2.75, 3.05) is 0 Å². The number of phenols is 1. The minimum absolute atomic E-state index is 0.0113. The maximum Gasteiger partial charge on any atom is 0.437 e. The van der Waals surface area contributed by atoms with E-state index < -0.39 is 32.2 Å². The number of rotatable bonds is 7. The van der Waals surface area contributed by atoms with Crippen LogP contribution in [-0.2, 0) is 21.0 Å². The van der Waals surface area contributed by atoms with Crippen molar-refractivity contribution in [3.05, 3.63) is 59.7 Å². The van der Waals surface area contributed by atoms with Crippen LogP contribution in [0.2, 0.25) is 0 Å². The molecule has 152 valence electrons. The largest absolute Gasteiger partial charge is 0.508 e. The number of alkyl halides is 3. The van der Waals surface area contributed by atoms with Crippen LogP contribution in [0, 0.1) is 0 Å². The Hall–Kier alpha value is -2.24. The van der Waals surface area contributed by atoms with E-state index in [1.54, 1.807) is 0 Å². The Kier molecular flexibility index (Phi) is 6.96. The van der Waals surface area contributed by atoms with E-state index in [0.717, 1.165) is 23.9 Å². The van der Waals surface area contributed by atoms with Gasteiger partial charge in [0.25, 0.3) is 0 Å². The molecule has 6 nitrogen and oxygen atoms in total. The molecule has 0 aliphatic rings. The molecule has 0 saturated heterocycles. The Balaban J connectivity index is 2.22. The van der Waals surface area contributed by atoms with Crippen LogP contribution >= 0.6 is 11.8 Å². The summed E-state index contributed by atoms with van der Waals surface area (Å²) in [4.78, 5) is 0.470. The van der Waals surface area contributed by atoms with Crippen molar-refractivity contribution >= 4 is 27.6 Å². The van der Waals surface area contributed by atoms with Gasteiger partial charge in [0.15, 0.2) is 5.71 Å². The first-order chi connectivity index (χ1) is 13.0. The zero-order chi connectivity index (χ0) is 20.9. The van der Waals surface area contributed by atoms with Crippen LogP contribution < -0.4 is 0 Å². The molecule has 0 aromatic heterocycles. The Morgan fingerprint density at radius 2 is 1.71 bits per heavy atom. The van der Waals surface area contributed by atoms with Crippen LogP contribution in [0.3, 0.4) is 0 Å². The van der Waals surface area contributed by atoms with E-state index in [1.807, 2.05) is 0 Å². The molecule has 11 heteroatoms. The highest BCUT2D eigenvalue weighted by Crippen LogP contribution is 2.30. The van der Waals surface area contributed by atoms with Crippen LogP contribution in [0.25, 0.3) is 0 Å². The number of phenolic OH excluding ortho intramolecular Hbond substituents is 1. The second kappa shape index (κ2) is 8.84. The van der Waals surface area contributed by atoms with E-state index in [1.165, 1.54) is 43.3 Å². The monoisotopic (exact) mass is 435 g/mol. The average molecular weight is 435 g/mol. The van der Waals surface area contributed by atoms with Gasteiger partial charge in [0.1, 0.15) is 10.3 Å². The molecule has 0 aliphatic carbocycles. The third kappa shape index (κ3) is 5.88. The molecule has 2 aromatic carbocycles. The summed E-state index contributed by atoms with van der Waals surface area (Å²) in [7, 11) is -4.47. The molecule has 0 fully saturated rings. The summed E-state index contributed by atoms with van der Waals surface area (Å²) in [5.41, 5.74) is -1.53. The molecule has 0 amide bonds. The number of nitrogens with zero attached hydrogens (tertiary/aromatic N) is 1. The number of hydrogen-bond acceptors (Lipinski definition) is 7. The van der Waals surface area contributed by atoms with Crippen LogP contribution in [-0.4, -0.2) is 35.1 Å². The Labute approximate surface area is 163 Å². The maximum absolute atomic E-state index is 13.3. The number of thioether (sulfide) groups is 1. The molecular formula is C17H16F3NO5S2. The predicted octanol–water partition coefficient (Wildman–Crippen LogP) is 3.64. The van der Waals surface area contributed by atoms with Crippen LogP contribution in [0.15, 0.2) is 58.6 Å². The standard InChI is InChI=1S/C17H16F3NO5S2/c1-11(27-15-8-6-14(23)7-9-15)28(24,25)26-21-16(17(18,19)20)13-4-2-12(10-22)3-5-13/h2-9,11,22-23H,10H2,1H3.